The maximum absolute atomic E-state index is 11.9. The van der Waals surface area contributed by atoms with Gasteiger partial charge in [0.2, 0.25) is 5.91 Å². The van der Waals surface area contributed by atoms with Crippen LogP contribution in [0.25, 0.3) is 0 Å². The summed E-state index contributed by atoms with van der Waals surface area (Å²) in [5.74, 6) is -2.08. The van der Waals surface area contributed by atoms with Crippen molar-refractivity contribution < 1.29 is 38.1 Å². The van der Waals surface area contributed by atoms with Gasteiger partial charge in [-0.3, -0.25) is 19.2 Å². The summed E-state index contributed by atoms with van der Waals surface area (Å²) in [4.78, 5) is 47.0. The van der Waals surface area contributed by atoms with E-state index in [4.69, 9.17) is 18.9 Å². The van der Waals surface area contributed by atoms with E-state index >= 15 is 0 Å². The van der Waals surface area contributed by atoms with Gasteiger partial charge in [-0.05, 0) is 12.5 Å². The van der Waals surface area contributed by atoms with Crippen LogP contribution >= 0.6 is 11.8 Å². The Balaban J connectivity index is 2.35. The molecular formula is C22H29NO8S. The summed E-state index contributed by atoms with van der Waals surface area (Å²) in [5.41, 5.74) is 1.36. The van der Waals surface area contributed by atoms with Crippen LogP contribution in [-0.2, 0) is 44.7 Å². The summed E-state index contributed by atoms with van der Waals surface area (Å²) in [6, 6.07) is 6.97. The molecular weight excluding hydrogens is 438 g/mol. The van der Waals surface area contributed by atoms with Crippen molar-refractivity contribution in [2.24, 2.45) is 0 Å². The molecule has 1 aliphatic heterocycles. The minimum Gasteiger partial charge on any atom is -0.465 e. The van der Waals surface area contributed by atoms with Gasteiger partial charge in [0.05, 0.1) is 11.9 Å². The SMILES string of the molecule is CC(=O)N[C@@H]1[C@@H](OC(C)=O)[C@H](OC(C)=O)[C@@H](COC(C)=O)S[C@H]1OCc1ccc(C)cc1. The fourth-order valence-electron chi connectivity index (χ4n) is 3.30. The zero-order chi connectivity index (χ0) is 23.8. The second-order valence-corrected chi connectivity index (χ2v) is 8.86. The Morgan fingerprint density at radius 3 is 2.03 bits per heavy atom. The van der Waals surface area contributed by atoms with Crippen LogP contribution in [0.3, 0.4) is 0 Å². The van der Waals surface area contributed by atoms with Gasteiger partial charge in [-0.2, -0.15) is 0 Å². The Kier molecular flexibility index (Phi) is 9.52. The van der Waals surface area contributed by atoms with E-state index < -0.39 is 46.8 Å². The average molecular weight is 468 g/mol. The molecule has 0 saturated carbocycles. The van der Waals surface area contributed by atoms with Crippen LogP contribution in [0.4, 0.5) is 0 Å². The molecule has 0 aliphatic carbocycles. The quantitative estimate of drug-likeness (QED) is 0.452. The summed E-state index contributed by atoms with van der Waals surface area (Å²) in [5, 5.41) is 2.18. The van der Waals surface area contributed by atoms with E-state index in [1.54, 1.807) is 0 Å². The first-order valence-corrected chi connectivity index (χ1v) is 11.1. The van der Waals surface area contributed by atoms with Gasteiger partial charge < -0.3 is 24.3 Å². The van der Waals surface area contributed by atoms with Gasteiger partial charge in [0.25, 0.3) is 0 Å². The summed E-state index contributed by atoms with van der Waals surface area (Å²) in [6.45, 7) is 7.17. The van der Waals surface area contributed by atoms with Crippen molar-refractivity contribution in [1.29, 1.82) is 0 Å². The summed E-state index contributed by atoms with van der Waals surface area (Å²) in [6.07, 6.45) is -2.00. The molecule has 176 valence electrons. The topological polar surface area (TPSA) is 117 Å². The van der Waals surface area contributed by atoms with Crippen molar-refractivity contribution in [3.8, 4) is 0 Å². The van der Waals surface area contributed by atoms with Crippen molar-refractivity contribution in [2.45, 2.75) is 70.2 Å². The smallest absolute Gasteiger partial charge is 0.303 e. The fourth-order valence-corrected chi connectivity index (χ4v) is 4.69. The lowest BCUT2D eigenvalue weighted by Crippen LogP contribution is -2.63. The second kappa shape index (κ2) is 11.9. The number of esters is 3. The third-order valence-corrected chi connectivity index (χ3v) is 6.06. The summed E-state index contributed by atoms with van der Waals surface area (Å²) < 4.78 is 22.2. The highest BCUT2D eigenvalue weighted by Gasteiger charge is 2.50. The molecule has 2 rings (SSSR count). The standard InChI is InChI=1S/C22H29NO8S/c1-12-6-8-17(9-7-12)10-29-22-19(23-13(2)24)21(31-16(5)27)20(30-15(4)26)18(32-22)11-28-14(3)25/h6-9,18-22H,10-11H2,1-5H3,(H,23,24)/t18-,19-,20-,21-,22-/m1/s1. The highest BCUT2D eigenvalue weighted by Crippen LogP contribution is 2.37. The Labute approximate surface area is 191 Å². The molecule has 1 aromatic rings. The van der Waals surface area contributed by atoms with Gasteiger partial charge in [0, 0.05) is 27.7 Å². The molecule has 1 aliphatic rings. The Morgan fingerprint density at radius 1 is 0.906 bits per heavy atom. The number of carbonyl (C=O) groups is 4. The first-order chi connectivity index (χ1) is 15.1. The minimum atomic E-state index is -1.04. The van der Waals surface area contributed by atoms with Crippen LogP contribution < -0.4 is 5.32 Å². The number of carbonyl (C=O) groups excluding carboxylic acids is 4. The van der Waals surface area contributed by atoms with Crippen LogP contribution in [0.1, 0.15) is 38.8 Å². The maximum atomic E-state index is 11.9. The summed E-state index contributed by atoms with van der Waals surface area (Å²) >= 11 is 1.24. The Morgan fingerprint density at radius 2 is 1.50 bits per heavy atom. The van der Waals surface area contributed by atoms with Crippen LogP contribution in [0.5, 0.6) is 0 Å². The van der Waals surface area contributed by atoms with Gasteiger partial charge in [-0.15, -0.1) is 11.8 Å². The number of benzene rings is 1. The van der Waals surface area contributed by atoms with Crippen LogP contribution in [-0.4, -0.2) is 59.4 Å². The molecule has 0 spiro atoms. The maximum Gasteiger partial charge on any atom is 0.303 e. The first kappa shape index (κ1) is 25.7. The number of rotatable bonds is 8. The zero-order valence-corrected chi connectivity index (χ0v) is 19.6. The molecule has 9 nitrogen and oxygen atoms in total. The number of hydrogen-bond acceptors (Lipinski definition) is 9. The molecule has 1 saturated heterocycles. The monoisotopic (exact) mass is 467 g/mol. The van der Waals surface area contributed by atoms with E-state index in [2.05, 4.69) is 5.32 Å². The summed E-state index contributed by atoms with van der Waals surface area (Å²) in [7, 11) is 0. The number of nitrogens with one attached hydrogen (secondary N) is 1. The molecule has 1 aromatic carbocycles. The van der Waals surface area contributed by atoms with Gasteiger partial charge in [0.15, 0.2) is 12.2 Å². The number of hydrogen-bond donors (Lipinski definition) is 1. The third kappa shape index (κ3) is 7.83. The zero-order valence-electron chi connectivity index (χ0n) is 18.8. The average Bonchev–Trinajstić information content (AvgIpc) is 2.69. The lowest BCUT2D eigenvalue weighted by atomic mass is 10.0. The largest absolute Gasteiger partial charge is 0.465 e. The Bertz CT molecular complexity index is 828. The number of ether oxygens (including phenoxy) is 4. The lowest BCUT2D eigenvalue weighted by Gasteiger charge is -2.44. The van der Waals surface area contributed by atoms with Gasteiger partial charge in [-0.1, -0.05) is 29.8 Å². The molecule has 32 heavy (non-hydrogen) atoms. The van der Waals surface area contributed by atoms with Gasteiger partial charge in [-0.25, -0.2) is 0 Å². The van der Waals surface area contributed by atoms with E-state index in [-0.39, 0.29) is 19.1 Å². The second-order valence-electron chi connectivity index (χ2n) is 7.52. The lowest BCUT2D eigenvalue weighted by molar-refractivity contribution is -0.173. The predicted octanol–water partition coefficient (Wildman–Crippen LogP) is 1.88. The van der Waals surface area contributed by atoms with Crippen molar-refractivity contribution >= 4 is 35.6 Å². The van der Waals surface area contributed by atoms with E-state index in [9.17, 15) is 19.2 Å². The molecule has 1 heterocycles. The van der Waals surface area contributed by atoms with Crippen LogP contribution in [0.15, 0.2) is 24.3 Å². The van der Waals surface area contributed by atoms with E-state index in [1.165, 1.54) is 39.5 Å². The van der Waals surface area contributed by atoms with Crippen LogP contribution in [0, 0.1) is 6.92 Å². The molecule has 10 heteroatoms. The molecule has 5 atom stereocenters. The van der Waals surface area contributed by atoms with E-state index in [0.29, 0.717) is 0 Å². The number of aryl methyl sites for hydroxylation is 1. The molecule has 0 bridgehead atoms. The van der Waals surface area contributed by atoms with E-state index in [0.717, 1.165) is 11.1 Å². The molecule has 1 N–H and O–H groups in total. The molecule has 0 unspecified atom stereocenters. The van der Waals surface area contributed by atoms with Gasteiger partial charge in [0.1, 0.15) is 18.1 Å². The van der Waals surface area contributed by atoms with Crippen molar-refractivity contribution in [2.75, 3.05) is 6.61 Å². The van der Waals surface area contributed by atoms with Crippen LogP contribution in [0.2, 0.25) is 0 Å². The molecule has 1 fully saturated rings. The predicted molar refractivity (Wildman–Crippen MR) is 116 cm³/mol. The Hall–Kier alpha value is -2.59. The highest BCUT2D eigenvalue weighted by molar-refractivity contribution is 8.00. The number of amides is 1. The molecule has 0 radical (unpaired) electrons. The van der Waals surface area contributed by atoms with Crippen molar-refractivity contribution in [1.82, 2.24) is 5.32 Å². The first-order valence-electron chi connectivity index (χ1n) is 10.1. The normalized spacial score (nSPS) is 24.8. The molecule has 0 aromatic heterocycles. The number of thioether (sulfide) groups is 1. The minimum absolute atomic E-state index is 0.0904. The fraction of sp³-hybridized carbons (Fsp3) is 0.545. The van der Waals surface area contributed by atoms with Crippen molar-refractivity contribution in [3.05, 3.63) is 35.4 Å². The third-order valence-electron chi connectivity index (χ3n) is 4.61. The van der Waals surface area contributed by atoms with E-state index in [1.807, 2.05) is 31.2 Å². The van der Waals surface area contributed by atoms with Gasteiger partial charge >= 0.3 is 17.9 Å². The molecule has 1 amide bonds. The van der Waals surface area contributed by atoms with Crippen molar-refractivity contribution in [3.63, 3.8) is 0 Å². The highest BCUT2D eigenvalue weighted by atomic mass is 32.2.